The van der Waals surface area contributed by atoms with E-state index in [0.29, 0.717) is 5.92 Å². The van der Waals surface area contributed by atoms with E-state index >= 15 is 0 Å². The van der Waals surface area contributed by atoms with Crippen LogP contribution in [-0.2, 0) is 0 Å². The Balaban J connectivity index is 1.06. The predicted octanol–water partition coefficient (Wildman–Crippen LogP) is 12.5. The van der Waals surface area contributed by atoms with E-state index in [1.54, 1.807) is 0 Å². The van der Waals surface area contributed by atoms with Gasteiger partial charge in [-0.2, -0.15) is 0 Å². The first-order valence-electron chi connectivity index (χ1n) is 17.4. The van der Waals surface area contributed by atoms with Crippen molar-refractivity contribution in [3.8, 4) is 39.1 Å². The maximum absolute atomic E-state index is 2.51. The van der Waals surface area contributed by atoms with Gasteiger partial charge < -0.3 is 9.47 Å². The molecule has 1 aliphatic carbocycles. The summed E-state index contributed by atoms with van der Waals surface area (Å²) in [6.07, 6.45) is 9.11. The third-order valence-electron chi connectivity index (χ3n) is 10.5. The first-order chi connectivity index (χ1) is 24.8. The van der Waals surface area contributed by atoms with Crippen LogP contribution in [0.15, 0.2) is 194 Å². The highest BCUT2D eigenvalue weighted by Crippen LogP contribution is 2.49. The zero-order valence-corrected chi connectivity index (χ0v) is 27.5. The van der Waals surface area contributed by atoms with E-state index in [1.807, 2.05) is 0 Å². The van der Waals surface area contributed by atoms with Gasteiger partial charge >= 0.3 is 0 Å². The topological polar surface area (TPSA) is 8.17 Å². The fourth-order valence-corrected chi connectivity index (χ4v) is 8.15. The summed E-state index contributed by atoms with van der Waals surface area (Å²) < 4.78 is 2.41. The summed E-state index contributed by atoms with van der Waals surface area (Å²) in [5.41, 5.74) is 14.9. The molecular formula is C48H34N2. The van der Waals surface area contributed by atoms with Crippen LogP contribution in [0.3, 0.4) is 0 Å². The van der Waals surface area contributed by atoms with Crippen molar-refractivity contribution >= 4 is 33.2 Å². The van der Waals surface area contributed by atoms with Crippen LogP contribution in [0, 0.1) is 0 Å². The van der Waals surface area contributed by atoms with Crippen molar-refractivity contribution in [3.05, 3.63) is 200 Å². The largest absolute Gasteiger partial charge is 0.333 e. The number of anilines is 2. The van der Waals surface area contributed by atoms with Crippen LogP contribution < -0.4 is 4.90 Å². The Kier molecular flexibility index (Phi) is 6.67. The molecule has 1 aliphatic heterocycles. The van der Waals surface area contributed by atoms with Crippen LogP contribution in [0.1, 0.15) is 11.5 Å². The van der Waals surface area contributed by atoms with E-state index < -0.39 is 0 Å². The Bertz CT molecular complexity index is 2590. The second-order valence-electron chi connectivity index (χ2n) is 13.3. The standard InChI is InChI=1S/C48H34N2/c1-3-12-33(13-4-1)35-22-26-39(27-23-35)49-45-20-9-7-18-41(45)43-31-37(24-28-47(43)49)38-25-29-48-44(32-38)42-19-8-10-21-46(42)50(48)40-17-11-16-36(30-40)34-14-5-2-6-15-34/h1-32,41,45H. The summed E-state index contributed by atoms with van der Waals surface area (Å²) in [6, 6.07) is 62.3. The van der Waals surface area contributed by atoms with Gasteiger partial charge in [0.15, 0.2) is 0 Å². The van der Waals surface area contributed by atoms with Gasteiger partial charge in [0.2, 0.25) is 0 Å². The lowest BCUT2D eigenvalue weighted by Gasteiger charge is -2.28. The van der Waals surface area contributed by atoms with Crippen molar-refractivity contribution in [2.45, 2.75) is 12.0 Å². The summed E-state index contributed by atoms with van der Waals surface area (Å²) in [6.45, 7) is 0. The molecule has 0 N–H and O–H groups in total. The summed E-state index contributed by atoms with van der Waals surface area (Å²) in [5, 5.41) is 2.53. The molecule has 0 fully saturated rings. The summed E-state index contributed by atoms with van der Waals surface area (Å²) in [4.78, 5) is 2.51. The van der Waals surface area contributed by atoms with Gasteiger partial charge in [0.1, 0.15) is 0 Å². The minimum absolute atomic E-state index is 0.250. The van der Waals surface area contributed by atoms with E-state index in [0.717, 1.165) is 0 Å². The smallest absolute Gasteiger partial charge is 0.0629 e. The quantitative estimate of drug-likeness (QED) is 0.182. The minimum Gasteiger partial charge on any atom is -0.333 e. The molecule has 0 amide bonds. The van der Waals surface area contributed by atoms with E-state index in [2.05, 4.69) is 204 Å². The Morgan fingerprint density at radius 1 is 0.380 bits per heavy atom. The average Bonchev–Trinajstić information content (AvgIpc) is 3.71. The second-order valence-corrected chi connectivity index (χ2v) is 13.3. The van der Waals surface area contributed by atoms with Gasteiger partial charge in [-0.15, -0.1) is 0 Å². The number of hydrogen-bond acceptors (Lipinski definition) is 1. The van der Waals surface area contributed by atoms with E-state index in [-0.39, 0.29) is 6.04 Å². The second kappa shape index (κ2) is 11.6. The van der Waals surface area contributed by atoms with Gasteiger partial charge in [-0.1, -0.05) is 140 Å². The first kappa shape index (κ1) is 28.6. The average molecular weight is 639 g/mol. The molecule has 1 aromatic heterocycles. The van der Waals surface area contributed by atoms with Crippen LogP contribution in [-0.4, -0.2) is 10.6 Å². The Labute approximate surface area is 292 Å². The highest BCUT2D eigenvalue weighted by Gasteiger charge is 2.37. The van der Waals surface area contributed by atoms with Gasteiger partial charge in [-0.3, -0.25) is 0 Å². The lowest BCUT2D eigenvalue weighted by molar-refractivity contribution is 0.745. The lowest BCUT2D eigenvalue weighted by Crippen LogP contribution is -2.28. The number of fused-ring (bicyclic) bond motifs is 6. The van der Waals surface area contributed by atoms with Crippen molar-refractivity contribution in [3.63, 3.8) is 0 Å². The molecule has 0 bridgehead atoms. The molecule has 8 aromatic rings. The molecule has 2 atom stereocenters. The molecule has 0 saturated heterocycles. The Morgan fingerprint density at radius 3 is 1.80 bits per heavy atom. The summed E-state index contributed by atoms with van der Waals surface area (Å²) >= 11 is 0. The van der Waals surface area contributed by atoms with Crippen molar-refractivity contribution in [2.24, 2.45) is 0 Å². The molecule has 0 spiro atoms. The van der Waals surface area contributed by atoms with Gasteiger partial charge in [0, 0.05) is 33.8 Å². The third-order valence-corrected chi connectivity index (χ3v) is 10.5. The van der Waals surface area contributed by atoms with Gasteiger partial charge in [-0.05, 0) is 93.5 Å². The zero-order valence-electron chi connectivity index (χ0n) is 27.5. The lowest BCUT2D eigenvalue weighted by atomic mass is 9.89. The molecule has 7 aromatic carbocycles. The fraction of sp³-hybridized carbons (Fsp3) is 0.0417. The number of para-hydroxylation sites is 1. The van der Waals surface area contributed by atoms with Crippen molar-refractivity contribution in [1.82, 2.24) is 4.57 Å². The number of allylic oxidation sites excluding steroid dienone is 2. The molecule has 0 saturated carbocycles. The van der Waals surface area contributed by atoms with E-state index in [1.165, 1.54) is 77.8 Å². The highest BCUT2D eigenvalue weighted by atomic mass is 15.2. The van der Waals surface area contributed by atoms with Gasteiger partial charge in [-0.25, -0.2) is 0 Å². The van der Waals surface area contributed by atoms with Gasteiger partial charge in [0.25, 0.3) is 0 Å². The van der Waals surface area contributed by atoms with Crippen molar-refractivity contribution < 1.29 is 0 Å². The summed E-state index contributed by atoms with van der Waals surface area (Å²) in [5.74, 6) is 0.297. The molecule has 2 nitrogen and oxygen atoms in total. The fourth-order valence-electron chi connectivity index (χ4n) is 8.15. The number of rotatable bonds is 5. The van der Waals surface area contributed by atoms with Crippen LogP contribution in [0.2, 0.25) is 0 Å². The Hall–Kier alpha value is -6.38. The predicted molar refractivity (Wildman–Crippen MR) is 210 cm³/mol. The summed E-state index contributed by atoms with van der Waals surface area (Å²) in [7, 11) is 0. The van der Waals surface area contributed by atoms with Crippen LogP contribution >= 0.6 is 0 Å². The highest BCUT2D eigenvalue weighted by molar-refractivity contribution is 6.10. The van der Waals surface area contributed by atoms with Gasteiger partial charge in [0.05, 0.1) is 17.1 Å². The molecule has 236 valence electrons. The Morgan fingerprint density at radius 2 is 0.980 bits per heavy atom. The maximum atomic E-state index is 2.51. The molecule has 2 aliphatic rings. The van der Waals surface area contributed by atoms with E-state index in [9.17, 15) is 0 Å². The zero-order chi connectivity index (χ0) is 33.0. The molecule has 2 unspecified atom stereocenters. The molecule has 50 heavy (non-hydrogen) atoms. The monoisotopic (exact) mass is 638 g/mol. The minimum atomic E-state index is 0.250. The van der Waals surface area contributed by atoms with Crippen molar-refractivity contribution in [2.75, 3.05) is 4.90 Å². The van der Waals surface area contributed by atoms with Crippen LogP contribution in [0.25, 0.3) is 60.9 Å². The normalized spacial score (nSPS) is 16.2. The number of hydrogen-bond donors (Lipinski definition) is 0. The third kappa shape index (κ3) is 4.64. The molecule has 2 heteroatoms. The maximum Gasteiger partial charge on any atom is 0.0629 e. The molecule has 2 heterocycles. The first-order valence-corrected chi connectivity index (χ1v) is 17.4. The SMILES string of the molecule is C1=CC2c3cc(-c4ccc5c(c4)c4ccccc4n5-c4cccc(-c5ccccc5)c4)ccc3N(c3ccc(-c4ccccc4)cc3)C2C=C1. The van der Waals surface area contributed by atoms with E-state index in [4.69, 9.17) is 0 Å². The number of aromatic nitrogens is 1. The van der Waals surface area contributed by atoms with Crippen molar-refractivity contribution in [1.29, 1.82) is 0 Å². The number of nitrogens with zero attached hydrogens (tertiary/aromatic N) is 2. The molecule has 10 rings (SSSR count). The molecular weight excluding hydrogens is 605 g/mol. The molecule has 0 radical (unpaired) electrons. The van der Waals surface area contributed by atoms with Crippen LogP contribution in [0.4, 0.5) is 11.4 Å². The number of benzene rings is 7. The van der Waals surface area contributed by atoms with Crippen LogP contribution in [0.5, 0.6) is 0 Å².